The predicted molar refractivity (Wildman–Crippen MR) is 76.7 cm³/mol. The summed E-state index contributed by atoms with van der Waals surface area (Å²) < 4.78 is 0. The topological polar surface area (TPSA) is 0 Å². The SMILES string of the molecule is c1ccc(CC(c2ccccc2)C2CCC2)cc1. The van der Waals surface area contributed by atoms with Crippen molar-refractivity contribution >= 4 is 0 Å². The van der Waals surface area contributed by atoms with Gasteiger partial charge in [0.2, 0.25) is 0 Å². The molecule has 0 aliphatic heterocycles. The van der Waals surface area contributed by atoms with E-state index in [1.54, 1.807) is 0 Å². The lowest BCUT2D eigenvalue weighted by Gasteiger charge is -2.34. The minimum atomic E-state index is 0.711. The Morgan fingerprint density at radius 3 is 2.00 bits per heavy atom. The predicted octanol–water partition coefficient (Wildman–Crippen LogP) is 4.81. The third-order valence-corrected chi connectivity index (χ3v) is 4.25. The maximum atomic E-state index is 2.30. The van der Waals surface area contributed by atoms with Crippen LogP contribution < -0.4 is 0 Å². The highest BCUT2D eigenvalue weighted by Crippen LogP contribution is 2.41. The van der Waals surface area contributed by atoms with E-state index in [1.165, 1.54) is 36.8 Å². The minimum absolute atomic E-state index is 0.711. The van der Waals surface area contributed by atoms with Gasteiger partial charge < -0.3 is 0 Å². The Hall–Kier alpha value is -1.56. The molecule has 0 nitrogen and oxygen atoms in total. The summed E-state index contributed by atoms with van der Waals surface area (Å²) in [4.78, 5) is 0. The van der Waals surface area contributed by atoms with Gasteiger partial charge in [0.05, 0.1) is 0 Å². The molecule has 0 heteroatoms. The number of benzene rings is 2. The summed E-state index contributed by atoms with van der Waals surface area (Å²) in [5.41, 5.74) is 2.99. The molecule has 92 valence electrons. The van der Waals surface area contributed by atoms with Crippen LogP contribution in [0.3, 0.4) is 0 Å². The van der Waals surface area contributed by atoms with Crippen LogP contribution in [0, 0.1) is 5.92 Å². The van der Waals surface area contributed by atoms with E-state index in [0.29, 0.717) is 5.92 Å². The molecule has 0 saturated heterocycles. The summed E-state index contributed by atoms with van der Waals surface area (Å²) in [5, 5.41) is 0. The molecule has 0 N–H and O–H groups in total. The summed E-state index contributed by atoms with van der Waals surface area (Å²) in [7, 11) is 0. The van der Waals surface area contributed by atoms with Crippen molar-refractivity contribution < 1.29 is 0 Å². The summed E-state index contributed by atoms with van der Waals surface area (Å²) in [5.74, 6) is 1.61. The van der Waals surface area contributed by atoms with Crippen LogP contribution in [0.1, 0.15) is 36.3 Å². The summed E-state index contributed by atoms with van der Waals surface area (Å²) in [6.45, 7) is 0. The zero-order valence-electron chi connectivity index (χ0n) is 10.8. The molecule has 0 aromatic heterocycles. The van der Waals surface area contributed by atoms with E-state index in [4.69, 9.17) is 0 Å². The Balaban J connectivity index is 1.82. The molecular weight excluding hydrogens is 216 g/mol. The van der Waals surface area contributed by atoms with Crippen molar-refractivity contribution in [3.8, 4) is 0 Å². The van der Waals surface area contributed by atoms with E-state index in [9.17, 15) is 0 Å². The first-order valence-electron chi connectivity index (χ1n) is 7.02. The van der Waals surface area contributed by atoms with Crippen LogP contribution in [0.15, 0.2) is 60.7 Å². The third-order valence-electron chi connectivity index (χ3n) is 4.25. The highest BCUT2D eigenvalue weighted by molar-refractivity contribution is 5.25. The second-order valence-electron chi connectivity index (χ2n) is 5.40. The van der Waals surface area contributed by atoms with E-state index in [1.807, 2.05) is 0 Å². The molecule has 18 heavy (non-hydrogen) atoms. The Bertz CT molecular complexity index is 468. The first-order valence-corrected chi connectivity index (χ1v) is 7.02. The largest absolute Gasteiger partial charge is 0.0622 e. The van der Waals surface area contributed by atoms with Gasteiger partial charge in [-0.1, -0.05) is 67.1 Å². The molecule has 1 fully saturated rings. The first kappa shape index (κ1) is 11.5. The van der Waals surface area contributed by atoms with Crippen LogP contribution in [0.4, 0.5) is 0 Å². The fraction of sp³-hybridized carbons (Fsp3) is 0.333. The molecule has 0 bridgehead atoms. The monoisotopic (exact) mass is 236 g/mol. The van der Waals surface area contributed by atoms with Crippen molar-refractivity contribution in [2.45, 2.75) is 31.6 Å². The van der Waals surface area contributed by atoms with E-state index >= 15 is 0 Å². The molecule has 1 aliphatic carbocycles. The molecule has 0 amide bonds. The maximum Gasteiger partial charge on any atom is -0.00931 e. The minimum Gasteiger partial charge on any atom is -0.0622 e. The van der Waals surface area contributed by atoms with Crippen LogP contribution in [0.25, 0.3) is 0 Å². The van der Waals surface area contributed by atoms with Gasteiger partial charge in [0, 0.05) is 0 Å². The fourth-order valence-corrected chi connectivity index (χ4v) is 2.97. The summed E-state index contributed by atoms with van der Waals surface area (Å²) in [6.07, 6.45) is 5.43. The van der Waals surface area contributed by atoms with E-state index in [2.05, 4.69) is 60.7 Å². The zero-order chi connectivity index (χ0) is 12.2. The quantitative estimate of drug-likeness (QED) is 0.714. The zero-order valence-corrected chi connectivity index (χ0v) is 10.8. The van der Waals surface area contributed by atoms with Crippen molar-refractivity contribution in [1.82, 2.24) is 0 Å². The van der Waals surface area contributed by atoms with Crippen molar-refractivity contribution in [3.63, 3.8) is 0 Å². The Kier molecular flexibility index (Phi) is 3.45. The second-order valence-corrected chi connectivity index (χ2v) is 5.40. The molecule has 2 aromatic carbocycles. The van der Waals surface area contributed by atoms with Gasteiger partial charge >= 0.3 is 0 Å². The summed E-state index contributed by atoms with van der Waals surface area (Å²) in [6, 6.07) is 22.0. The average Bonchev–Trinajstić information content (AvgIpc) is 2.38. The van der Waals surface area contributed by atoms with Crippen LogP contribution in [-0.4, -0.2) is 0 Å². The van der Waals surface area contributed by atoms with Crippen LogP contribution in [-0.2, 0) is 6.42 Å². The van der Waals surface area contributed by atoms with E-state index in [-0.39, 0.29) is 0 Å². The number of rotatable bonds is 4. The van der Waals surface area contributed by atoms with Gasteiger partial charge in [0.1, 0.15) is 0 Å². The van der Waals surface area contributed by atoms with Gasteiger partial charge in [-0.2, -0.15) is 0 Å². The van der Waals surface area contributed by atoms with Gasteiger partial charge in [-0.15, -0.1) is 0 Å². The van der Waals surface area contributed by atoms with Crippen molar-refractivity contribution in [1.29, 1.82) is 0 Å². The van der Waals surface area contributed by atoms with Crippen LogP contribution in [0.5, 0.6) is 0 Å². The van der Waals surface area contributed by atoms with Crippen molar-refractivity contribution in [2.75, 3.05) is 0 Å². The molecular formula is C18H20. The molecule has 0 radical (unpaired) electrons. The smallest absolute Gasteiger partial charge is 0.00931 e. The molecule has 0 spiro atoms. The van der Waals surface area contributed by atoms with Gasteiger partial charge in [-0.05, 0) is 42.2 Å². The van der Waals surface area contributed by atoms with Gasteiger partial charge in [-0.25, -0.2) is 0 Å². The Morgan fingerprint density at radius 1 is 0.833 bits per heavy atom. The lowest BCUT2D eigenvalue weighted by atomic mass is 9.71. The van der Waals surface area contributed by atoms with Gasteiger partial charge in [0.15, 0.2) is 0 Å². The molecule has 1 atom stereocenters. The number of hydrogen-bond donors (Lipinski definition) is 0. The second kappa shape index (κ2) is 5.39. The third kappa shape index (κ3) is 2.48. The summed E-state index contributed by atoms with van der Waals surface area (Å²) >= 11 is 0. The Morgan fingerprint density at radius 2 is 1.44 bits per heavy atom. The van der Waals surface area contributed by atoms with Gasteiger partial charge in [0.25, 0.3) is 0 Å². The van der Waals surface area contributed by atoms with Crippen molar-refractivity contribution in [3.05, 3.63) is 71.8 Å². The van der Waals surface area contributed by atoms with Crippen LogP contribution >= 0.6 is 0 Å². The lowest BCUT2D eigenvalue weighted by Crippen LogP contribution is -2.22. The molecule has 2 aromatic rings. The lowest BCUT2D eigenvalue weighted by molar-refractivity contribution is 0.259. The van der Waals surface area contributed by atoms with Gasteiger partial charge in [-0.3, -0.25) is 0 Å². The molecule has 1 aliphatic rings. The molecule has 1 unspecified atom stereocenters. The number of hydrogen-bond acceptors (Lipinski definition) is 0. The van der Waals surface area contributed by atoms with Crippen molar-refractivity contribution in [2.24, 2.45) is 5.92 Å². The molecule has 0 heterocycles. The normalized spacial score (nSPS) is 17.1. The Labute approximate surface area is 110 Å². The molecule has 3 rings (SSSR count). The van der Waals surface area contributed by atoms with Crippen LogP contribution in [0.2, 0.25) is 0 Å². The fourth-order valence-electron chi connectivity index (χ4n) is 2.97. The maximum absolute atomic E-state index is 2.30. The first-order chi connectivity index (χ1) is 8.93. The average molecular weight is 236 g/mol. The molecule has 1 saturated carbocycles. The van der Waals surface area contributed by atoms with E-state index < -0.39 is 0 Å². The highest BCUT2D eigenvalue weighted by atomic mass is 14.3. The standard InChI is InChI=1S/C18H20/c1-3-8-15(9-4-1)14-18(17-12-7-13-17)16-10-5-2-6-11-16/h1-6,8-11,17-18H,7,12-14H2. The highest BCUT2D eigenvalue weighted by Gasteiger charge is 2.28. The van der Waals surface area contributed by atoms with E-state index in [0.717, 1.165) is 5.92 Å².